The SMILES string of the molecule is CC(=O)Nc1ccc(CN2C[C@H](O)[C@@H](N3CCN(c4ccccn4)CC3)C2)cc1. The van der Waals surface area contributed by atoms with E-state index in [1.165, 1.54) is 12.5 Å². The number of aliphatic hydroxyl groups is 1. The van der Waals surface area contributed by atoms with E-state index in [4.69, 9.17) is 0 Å². The van der Waals surface area contributed by atoms with Crippen molar-refractivity contribution < 1.29 is 9.90 Å². The molecule has 2 atom stereocenters. The molecule has 154 valence electrons. The average Bonchev–Trinajstić information content (AvgIpc) is 3.10. The van der Waals surface area contributed by atoms with Gasteiger partial charge in [-0.3, -0.25) is 14.6 Å². The number of nitrogens with one attached hydrogen (secondary N) is 1. The summed E-state index contributed by atoms with van der Waals surface area (Å²) < 4.78 is 0. The summed E-state index contributed by atoms with van der Waals surface area (Å²) in [6, 6.07) is 14.1. The zero-order valence-corrected chi connectivity index (χ0v) is 16.9. The highest BCUT2D eigenvalue weighted by Crippen LogP contribution is 2.22. The number of benzene rings is 1. The van der Waals surface area contributed by atoms with Crippen molar-refractivity contribution >= 4 is 17.4 Å². The zero-order valence-electron chi connectivity index (χ0n) is 16.9. The van der Waals surface area contributed by atoms with Crippen LogP contribution in [0, 0.1) is 0 Å². The van der Waals surface area contributed by atoms with E-state index in [0.717, 1.165) is 50.8 Å². The number of β-amino-alcohol motifs (C(OH)–C–C–N with tert-alkyl or cyclic N) is 1. The molecule has 0 bridgehead atoms. The largest absolute Gasteiger partial charge is 0.390 e. The molecule has 0 spiro atoms. The third-order valence-electron chi connectivity index (χ3n) is 5.77. The maximum absolute atomic E-state index is 11.1. The number of amides is 1. The summed E-state index contributed by atoms with van der Waals surface area (Å²) in [6.45, 7) is 7.64. The lowest BCUT2D eigenvalue weighted by Crippen LogP contribution is -2.53. The summed E-state index contributed by atoms with van der Waals surface area (Å²) in [6.07, 6.45) is 1.51. The van der Waals surface area contributed by atoms with Gasteiger partial charge in [0.15, 0.2) is 0 Å². The lowest BCUT2D eigenvalue weighted by atomic mass is 10.1. The van der Waals surface area contributed by atoms with Crippen molar-refractivity contribution in [3.8, 4) is 0 Å². The van der Waals surface area contributed by atoms with Gasteiger partial charge in [-0.15, -0.1) is 0 Å². The number of anilines is 2. The van der Waals surface area contributed by atoms with Crippen LogP contribution in [0.3, 0.4) is 0 Å². The van der Waals surface area contributed by atoms with Crippen molar-refractivity contribution in [3.63, 3.8) is 0 Å². The molecule has 1 aromatic heterocycles. The van der Waals surface area contributed by atoms with Crippen LogP contribution >= 0.6 is 0 Å². The second-order valence-corrected chi connectivity index (χ2v) is 7.92. The lowest BCUT2D eigenvalue weighted by molar-refractivity contribution is -0.114. The first-order valence-corrected chi connectivity index (χ1v) is 10.3. The molecule has 1 amide bonds. The van der Waals surface area contributed by atoms with Gasteiger partial charge in [0.1, 0.15) is 5.82 Å². The fraction of sp³-hybridized carbons (Fsp3) is 0.455. The Balaban J connectivity index is 1.29. The zero-order chi connectivity index (χ0) is 20.2. The van der Waals surface area contributed by atoms with Crippen molar-refractivity contribution in [2.45, 2.75) is 25.6 Å². The number of likely N-dealkylation sites (tertiary alicyclic amines) is 1. The fourth-order valence-corrected chi connectivity index (χ4v) is 4.31. The van der Waals surface area contributed by atoms with Gasteiger partial charge in [0.25, 0.3) is 0 Å². The third kappa shape index (κ3) is 4.93. The molecular weight excluding hydrogens is 366 g/mol. The minimum absolute atomic E-state index is 0.0635. The second-order valence-electron chi connectivity index (χ2n) is 7.92. The third-order valence-corrected chi connectivity index (χ3v) is 5.77. The average molecular weight is 396 g/mol. The van der Waals surface area contributed by atoms with E-state index in [2.05, 4.69) is 31.1 Å². The number of rotatable bonds is 5. The van der Waals surface area contributed by atoms with Gasteiger partial charge in [-0.2, -0.15) is 0 Å². The maximum Gasteiger partial charge on any atom is 0.221 e. The highest BCUT2D eigenvalue weighted by molar-refractivity contribution is 5.88. The number of hydrogen-bond acceptors (Lipinski definition) is 6. The number of aromatic nitrogens is 1. The Labute approximate surface area is 171 Å². The molecule has 7 nitrogen and oxygen atoms in total. The molecule has 3 heterocycles. The van der Waals surface area contributed by atoms with Gasteiger partial charge in [-0.25, -0.2) is 4.98 Å². The molecule has 2 aliphatic heterocycles. The van der Waals surface area contributed by atoms with Gasteiger partial charge in [-0.1, -0.05) is 18.2 Å². The first-order chi connectivity index (χ1) is 14.1. The Morgan fingerprint density at radius 2 is 1.86 bits per heavy atom. The van der Waals surface area contributed by atoms with Crippen LogP contribution < -0.4 is 10.2 Å². The topological polar surface area (TPSA) is 71.9 Å². The summed E-state index contributed by atoms with van der Waals surface area (Å²) in [7, 11) is 0. The standard InChI is InChI=1S/C22H29N5O2/c1-17(28)24-19-7-5-18(6-8-19)14-25-15-20(21(29)16-25)26-10-12-27(13-11-26)22-4-2-3-9-23-22/h2-9,20-21,29H,10-16H2,1H3,(H,24,28)/t20-,21-/m0/s1. The minimum Gasteiger partial charge on any atom is -0.390 e. The van der Waals surface area contributed by atoms with E-state index >= 15 is 0 Å². The first kappa shape index (κ1) is 19.8. The van der Waals surface area contributed by atoms with Crippen molar-refractivity contribution in [3.05, 3.63) is 54.2 Å². The van der Waals surface area contributed by atoms with Crippen LogP contribution in [-0.4, -0.2) is 77.2 Å². The molecule has 0 aliphatic carbocycles. The van der Waals surface area contributed by atoms with Crippen LogP contribution in [0.2, 0.25) is 0 Å². The molecule has 2 aliphatic rings. The fourth-order valence-electron chi connectivity index (χ4n) is 4.31. The number of pyridine rings is 1. The molecule has 1 aromatic carbocycles. The van der Waals surface area contributed by atoms with Crippen molar-refractivity contribution in [1.29, 1.82) is 0 Å². The number of carbonyl (C=O) groups excluding carboxylic acids is 1. The van der Waals surface area contributed by atoms with E-state index < -0.39 is 0 Å². The van der Waals surface area contributed by atoms with Crippen molar-refractivity contribution in [2.24, 2.45) is 0 Å². The van der Waals surface area contributed by atoms with Crippen molar-refractivity contribution in [1.82, 2.24) is 14.8 Å². The summed E-state index contributed by atoms with van der Waals surface area (Å²) in [5.41, 5.74) is 2.00. The van der Waals surface area contributed by atoms with Crippen LogP contribution in [0.5, 0.6) is 0 Å². The predicted molar refractivity (Wildman–Crippen MR) is 114 cm³/mol. The minimum atomic E-state index is -0.324. The Kier molecular flexibility index (Phi) is 6.08. The molecule has 2 saturated heterocycles. The molecule has 2 aromatic rings. The predicted octanol–water partition coefficient (Wildman–Crippen LogP) is 1.41. The summed E-state index contributed by atoms with van der Waals surface area (Å²) in [4.78, 5) is 22.6. The maximum atomic E-state index is 11.1. The molecule has 7 heteroatoms. The molecule has 2 N–H and O–H groups in total. The summed E-state index contributed by atoms with van der Waals surface area (Å²) in [5, 5.41) is 13.4. The smallest absolute Gasteiger partial charge is 0.221 e. The Hall–Kier alpha value is -2.48. The van der Waals surface area contributed by atoms with E-state index in [0.29, 0.717) is 6.54 Å². The van der Waals surface area contributed by atoms with Crippen LogP contribution in [0.15, 0.2) is 48.7 Å². The van der Waals surface area contributed by atoms with Gasteiger partial charge in [-0.05, 0) is 29.8 Å². The van der Waals surface area contributed by atoms with Gasteiger partial charge in [0, 0.05) is 70.7 Å². The van der Waals surface area contributed by atoms with Crippen molar-refractivity contribution in [2.75, 3.05) is 49.5 Å². The highest BCUT2D eigenvalue weighted by atomic mass is 16.3. The van der Waals surface area contributed by atoms with E-state index in [1.807, 2.05) is 42.6 Å². The number of hydrogen-bond donors (Lipinski definition) is 2. The van der Waals surface area contributed by atoms with E-state index in [-0.39, 0.29) is 18.1 Å². The quantitative estimate of drug-likeness (QED) is 0.798. The van der Waals surface area contributed by atoms with E-state index in [9.17, 15) is 9.90 Å². The normalized spacial score (nSPS) is 23.3. The Bertz CT molecular complexity index is 806. The first-order valence-electron chi connectivity index (χ1n) is 10.3. The lowest BCUT2D eigenvalue weighted by Gasteiger charge is -2.39. The monoisotopic (exact) mass is 395 g/mol. The van der Waals surface area contributed by atoms with Gasteiger partial charge < -0.3 is 15.3 Å². The molecule has 0 saturated carbocycles. The van der Waals surface area contributed by atoms with Gasteiger partial charge in [0.2, 0.25) is 5.91 Å². The van der Waals surface area contributed by atoms with Crippen LogP contribution in [-0.2, 0) is 11.3 Å². The highest BCUT2D eigenvalue weighted by Gasteiger charge is 2.36. The molecule has 4 rings (SSSR count). The molecule has 0 unspecified atom stereocenters. The Morgan fingerprint density at radius 1 is 1.10 bits per heavy atom. The summed E-state index contributed by atoms with van der Waals surface area (Å²) >= 11 is 0. The van der Waals surface area contributed by atoms with Crippen LogP contribution in [0.25, 0.3) is 0 Å². The molecule has 29 heavy (non-hydrogen) atoms. The van der Waals surface area contributed by atoms with Crippen LogP contribution in [0.1, 0.15) is 12.5 Å². The number of carbonyl (C=O) groups is 1. The van der Waals surface area contributed by atoms with Gasteiger partial charge in [0.05, 0.1) is 6.10 Å². The van der Waals surface area contributed by atoms with Gasteiger partial charge >= 0.3 is 0 Å². The summed E-state index contributed by atoms with van der Waals surface area (Å²) in [5.74, 6) is 0.967. The van der Waals surface area contributed by atoms with Crippen LogP contribution in [0.4, 0.5) is 11.5 Å². The number of aliphatic hydroxyl groups excluding tert-OH is 1. The van der Waals surface area contributed by atoms with E-state index in [1.54, 1.807) is 0 Å². The number of nitrogens with zero attached hydrogens (tertiary/aromatic N) is 4. The molecule has 2 fully saturated rings. The molecular formula is C22H29N5O2. The Morgan fingerprint density at radius 3 is 2.52 bits per heavy atom. The second kappa shape index (κ2) is 8.90. The number of piperazine rings is 1. The molecule has 0 radical (unpaired) electrons.